The number of Topliss-reactive ketones (excluding diaryl/α,β-unsaturated/α-hetero) is 1. The predicted molar refractivity (Wildman–Crippen MR) is 129 cm³/mol. The molecule has 5 rings (SSSR count). The van der Waals surface area contributed by atoms with Crippen LogP contribution in [-0.2, 0) is 20.7 Å². The maximum Gasteiger partial charge on any atom is 0.295 e. The highest BCUT2D eigenvalue weighted by molar-refractivity contribution is 6.46. The number of amides is 1. The van der Waals surface area contributed by atoms with Crippen LogP contribution in [-0.4, -0.2) is 79.2 Å². The molecule has 0 aromatic heterocycles. The quantitative estimate of drug-likeness (QED) is 0.388. The summed E-state index contributed by atoms with van der Waals surface area (Å²) in [6.07, 6.45) is 0.780. The van der Waals surface area contributed by atoms with Crippen LogP contribution in [0.25, 0.3) is 5.76 Å². The summed E-state index contributed by atoms with van der Waals surface area (Å²) in [6.45, 7) is 5.79. The van der Waals surface area contributed by atoms with Crippen molar-refractivity contribution in [3.05, 3.63) is 64.7 Å². The first-order valence-electron chi connectivity index (χ1n) is 12.0. The third-order valence-corrected chi connectivity index (χ3v) is 6.90. The zero-order chi connectivity index (χ0) is 24.5. The number of hydrogen-bond donors (Lipinski definition) is 1. The van der Waals surface area contributed by atoms with Gasteiger partial charge in [0.15, 0.2) is 0 Å². The Morgan fingerprint density at radius 1 is 1.11 bits per heavy atom. The third kappa shape index (κ3) is 4.39. The van der Waals surface area contributed by atoms with Gasteiger partial charge < -0.3 is 24.2 Å². The second-order valence-corrected chi connectivity index (χ2v) is 9.14. The molecule has 2 unspecified atom stereocenters. The normalized spacial score (nSPS) is 23.9. The van der Waals surface area contributed by atoms with Gasteiger partial charge >= 0.3 is 0 Å². The molecule has 0 saturated carbocycles. The summed E-state index contributed by atoms with van der Waals surface area (Å²) >= 11 is 0. The van der Waals surface area contributed by atoms with Crippen LogP contribution in [0.2, 0.25) is 0 Å². The van der Waals surface area contributed by atoms with Crippen LogP contribution in [0.1, 0.15) is 29.7 Å². The first-order chi connectivity index (χ1) is 17.0. The van der Waals surface area contributed by atoms with E-state index in [1.165, 1.54) is 0 Å². The lowest BCUT2D eigenvalue weighted by molar-refractivity contribution is -0.140. The Hall–Kier alpha value is -3.36. The average Bonchev–Trinajstić information content (AvgIpc) is 3.38. The Labute approximate surface area is 204 Å². The van der Waals surface area contributed by atoms with E-state index in [4.69, 9.17) is 14.2 Å². The minimum Gasteiger partial charge on any atom is -0.507 e. The Balaban J connectivity index is 1.56. The smallest absolute Gasteiger partial charge is 0.295 e. The van der Waals surface area contributed by atoms with Crippen molar-refractivity contribution in [1.82, 2.24) is 9.80 Å². The van der Waals surface area contributed by atoms with Gasteiger partial charge in [0.2, 0.25) is 0 Å². The van der Waals surface area contributed by atoms with Crippen molar-refractivity contribution < 1.29 is 28.9 Å². The van der Waals surface area contributed by atoms with Crippen molar-refractivity contribution in [2.24, 2.45) is 0 Å². The molecule has 2 atom stereocenters. The molecule has 2 aromatic rings. The molecule has 2 aromatic carbocycles. The number of para-hydroxylation sites is 1. The van der Waals surface area contributed by atoms with Crippen molar-refractivity contribution in [3.63, 3.8) is 0 Å². The molecule has 3 aliphatic rings. The van der Waals surface area contributed by atoms with E-state index in [0.717, 1.165) is 30.8 Å². The Morgan fingerprint density at radius 2 is 1.89 bits per heavy atom. The van der Waals surface area contributed by atoms with Crippen LogP contribution in [0, 0.1) is 0 Å². The highest BCUT2D eigenvalue weighted by Gasteiger charge is 2.47. The van der Waals surface area contributed by atoms with Gasteiger partial charge in [-0.1, -0.05) is 18.2 Å². The van der Waals surface area contributed by atoms with Gasteiger partial charge in [0.1, 0.15) is 23.4 Å². The number of likely N-dealkylation sites (tertiary alicyclic amines) is 1. The molecule has 2 saturated heterocycles. The number of ether oxygens (including phenoxy) is 3. The van der Waals surface area contributed by atoms with Crippen LogP contribution in [0.3, 0.4) is 0 Å². The fourth-order valence-electron chi connectivity index (χ4n) is 5.13. The molecule has 8 nitrogen and oxygen atoms in total. The molecule has 3 aliphatic heterocycles. The lowest BCUT2D eigenvalue weighted by Gasteiger charge is -2.31. The van der Waals surface area contributed by atoms with Gasteiger partial charge in [-0.3, -0.25) is 14.5 Å². The highest BCUT2D eigenvalue weighted by Crippen LogP contribution is 2.43. The fraction of sp³-hybridized carbons (Fsp3) is 0.407. The van der Waals surface area contributed by atoms with Crippen LogP contribution >= 0.6 is 0 Å². The minimum absolute atomic E-state index is 0.0572. The lowest BCUT2D eigenvalue weighted by atomic mass is 9.94. The van der Waals surface area contributed by atoms with Crippen molar-refractivity contribution in [2.45, 2.75) is 25.5 Å². The second kappa shape index (κ2) is 9.71. The van der Waals surface area contributed by atoms with E-state index < -0.39 is 17.7 Å². The van der Waals surface area contributed by atoms with Crippen LogP contribution < -0.4 is 9.47 Å². The summed E-state index contributed by atoms with van der Waals surface area (Å²) in [5.41, 5.74) is 2.20. The number of benzene rings is 2. The molecule has 0 radical (unpaired) electrons. The van der Waals surface area contributed by atoms with E-state index in [-0.39, 0.29) is 17.4 Å². The predicted octanol–water partition coefficient (Wildman–Crippen LogP) is 2.77. The number of carbonyl (C=O) groups excluding carboxylic acids is 2. The number of rotatable bonds is 6. The monoisotopic (exact) mass is 478 g/mol. The standard InChI is InChI=1S/C27H30N2O6/c1-17-15-19-16-18(7-8-21(19)35-17)25(30)23-24(20-5-3-4-6-22(20)33-2)29(27(32)26(23)31)10-9-28-11-13-34-14-12-28/h3-8,16-17,24,30H,9-15H2,1-2H3. The Kier molecular flexibility index (Phi) is 6.49. The summed E-state index contributed by atoms with van der Waals surface area (Å²) in [5.74, 6) is -0.158. The zero-order valence-electron chi connectivity index (χ0n) is 20.0. The van der Waals surface area contributed by atoms with Gasteiger partial charge in [-0.2, -0.15) is 0 Å². The van der Waals surface area contributed by atoms with E-state index >= 15 is 0 Å². The maximum absolute atomic E-state index is 13.3. The lowest BCUT2D eigenvalue weighted by Crippen LogP contribution is -2.42. The van der Waals surface area contributed by atoms with Crippen molar-refractivity contribution in [2.75, 3.05) is 46.5 Å². The van der Waals surface area contributed by atoms with Gasteiger partial charge in [0.05, 0.1) is 31.9 Å². The topological polar surface area (TPSA) is 88.5 Å². The van der Waals surface area contributed by atoms with Gasteiger partial charge in [0.25, 0.3) is 11.7 Å². The fourth-order valence-corrected chi connectivity index (χ4v) is 5.13. The van der Waals surface area contributed by atoms with E-state index in [1.54, 1.807) is 30.2 Å². The molecule has 0 spiro atoms. The number of aliphatic hydroxyl groups excluding tert-OH is 1. The van der Waals surface area contributed by atoms with Gasteiger partial charge in [-0.05, 0) is 36.8 Å². The minimum atomic E-state index is -0.754. The van der Waals surface area contributed by atoms with E-state index in [9.17, 15) is 14.7 Å². The number of ketones is 1. The van der Waals surface area contributed by atoms with Gasteiger partial charge in [-0.25, -0.2) is 0 Å². The van der Waals surface area contributed by atoms with Gasteiger partial charge in [-0.15, -0.1) is 0 Å². The first kappa shape index (κ1) is 23.4. The Bertz CT molecular complexity index is 1170. The zero-order valence-corrected chi connectivity index (χ0v) is 20.0. The Morgan fingerprint density at radius 3 is 2.66 bits per heavy atom. The molecule has 35 heavy (non-hydrogen) atoms. The largest absolute Gasteiger partial charge is 0.507 e. The molecule has 1 N–H and O–H groups in total. The van der Waals surface area contributed by atoms with Crippen LogP contribution in [0.15, 0.2) is 48.0 Å². The molecule has 1 amide bonds. The molecule has 0 bridgehead atoms. The first-order valence-corrected chi connectivity index (χ1v) is 12.0. The summed E-state index contributed by atoms with van der Waals surface area (Å²) in [6, 6.07) is 11.9. The summed E-state index contributed by atoms with van der Waals surface area (Å²) < 4.78 is 16.8. The van der Waals surface area contributed by atoms with Crippen molar-refractivity contribution in [3.8, 4) is 11.5 Å². The summed E-state index contributed by atoms with van der Waals surface area (Å²) in [4.78, 5) is 30.4. The van der Waals surface area contributed by atoms with Crippen molar-refractivity contribution in [1.29, 1.82) is 0 Å². The third-order valence-electron chi connectivity index (χ3n) is 6.90. The molecule has 184 valence electrons. The summed E-state index contributed by atoms with van der Waals surface area (Å²) in [5, 5.41) is 11.4. The summed E-state index contributed by atoms with van der Waals surface area (Å²) in [7, 11) is 1.56. The number of carbonyl (C=O) groups is 2. The molecule has 3 heterocycles. The van der Waals surface area contributed by atoms with E-state index in [2.05, 4.69) is 4.90 Å². The molecule has 0 aliphatic carbocycles. The van der Waals surface area contributed by atoms with E-state index in [0.29, 0.717) is 43.2 Å². The molecule has 2 fully saturated rings. The molecule has 8 heteroatoms. The van der Waals surface area contributed by atoms with Gasteiger partial charge in [0, 0.05) is 43.7 Å². The van der Waals surface area contributed by atoms with Crippen LogP contribution in [0.4, 0.5) is 0 Å². The van der Waals surface area contributed by atoms with E-state index in [1.807, 2.05) is 31.2 Å². The number of methoxy groups -OCH3 is 1. The number of morpholine rings is 1. The second-order valence-electron chi connectivity index (χ2n) is 9.14. The number of nitrogens with zero attached hydrogens (tertiary/aromatic N) is 2. The number of aliphatic hydroxyl groups is 1. The average molecular weight is 479 g/mol. The molecular weight excluding hydrogens is 448 g/mol. The highest BCUT2D eigenvalue weighted by atomic mass is 16.5. The van der Waals surface area contributed by atoms with Crippen LogP contribution in [0.5, 0.6) is 11.5 Å². The number of hydrogen-bond acceptors (Lipinski definition) is 7. The SMILES string of the molecule is COc1ccccc1C1C(=C(O)c2ccc3c(c2)CC(C)O3)C(=O)C(=O)N1CCN1CCOCC1. The number of fused-ring (bicyclic) bond motifs is 1. The maximum atomic E-state index is 13.3. The molecular formula is C27H30N2O6. The van der Waals surface area contributed by atoms with Crippen molar-refractivity contribution >= 4 is 17.4 Å².